The van der Waals surface area contributed by atoms with Crippen molar-refractivity contribution in [3.63, 3.8) is 0 Å². The number of nitrogens with zero attached hydrogens (tertiary/aromatic N) is 2. The van der Waals surface area contributed by atoms with Crippen LogP contribution in [0.1, 0.15) is 48.8 Å². The highest BCUT2D eigenvalue weighted by Crippen LogP contribution is 2.15. The van der Waals surface area contributed by atoms with Gasteiger partial charge >= 0.3 is 0 Å². The molecule has 1 aromatic carbocycles. The summed E-state index contributed by atoms with van der Waals surface area (Å²) in [4.78, 5) is 12.1. The summed E-state index contributed by atoms with van der Waals surface area (Å²) in [7, 11) is 0. The van der Waals surface area contributed by atoms with Gasteiger partial charge in [-0.05, 0) is 31.0 Å². The number of hydrogen-bond acceptors (Lipinski definition) is 2. The smallest absolute Gasteiger partial charge is 0.168 e. The zero-order chi connectivity index (χ0) is 14.5. The second kappa shape index (κ2) is 6.46. The van der Waals surface area contributed by atoms with Crippen LogP contribution >= 0.6 is 0 Å². The summed E-state index contributed by atoms with van der Waals surface area (Å²) in [6, 6.07) is 8.00. The third kappa shape index (κ3) is 3.32. The fraction of sp³-hybridized carbons (Fsp3) is 0.375. The molecule has 2 rings (SSSR count). The molecule has 3 nitrogen and oxygen atoms in total. The molecule has 20 heavy (non-hydrogen) atoms. The molecule has 0 atom stereocenters. The Kier molecular flexibility index (Phi) is 4.66. The van der Waals surface area contributed by atoms with Crippen LogP contribution in [-0.4, -0.2) is 15.6 Å². The predicted octanol–water partition coefficient (Wildman–Crippen LogP) is 3.81. The Morgan fingerprint density at radius 1 is 1.30 bits per heavy atom. The van der Waals surface area contributed by atoms with Gasteiger partial charge in [0.15, 0.2) is 5.78 Å². The third-order valence-corrected chi connectivity index (χ3v) is 3.47. The number of halogens is 1. The topological polar surface area (TPSA) is 34.9 Å². The van der Waals surface area contributed by atoms with E-state index in [4.69, 9.17) is 0 Å². The van der Waals surface area contributed by atoms with Gasteiger partial charge < -0.3 is 0 Å². The third-order valence-electron chi connectivity index (χ3n) is 3.47. The van der Waals surface area contributed by atoms with E-state index in [0.717, 1.165) is 18.5 Å². The highest BCUT2D eigenvalue weighted by atomic mass is 19.1. The van der Waals surface area contributed by atoms with Gasteiger partial charge in [0.05, 0.1) is 18.2 Å². The molecule has 4 heteroatoms. The van der Waals surface area contributed by atoms with Crippen LogP contribution in [0.2, 0.25) is 0 Å². The van der Waals surface area contributed by atoms with Crippen molar-refractivity contribution in [3.8, 4) is 0 Å². The van der Waals surface area contributed by atoms with E-state index in [-0.39, 0.29) is 12.2 Å². The quantitative estimate of drug-likeness (QED) is 0.751. The van der Waals surface area contributed by atoms with Crippen molar-refractivity contribution in [2.75, 3.05) is 0 Å². The number of Topliss-reactive ketones (excluding diaryl/α,β-unsaturated/α-hetero) is 1. The summed E-state index contributed by atoms with van der Waals surface area (Å²) in [5, 5.41) is 4.44. The monoisotopic (exact) mass is 274 g/mol. The van der Waals surface area contributed by atoms with E-state index in [2.05, 4.69) is 18.9 Å². The summed E-state index contributed by atoms with van der Waals surface area (Å²) in [5.74, 6) is -0.502. The van der Waals surface area contributed by atoms with Crippen molar-refractivity contribution in [3.05, 3.63) is 53.6 Å². The summed E-state index contributed by atoms with van der Waals surface area (Å²) >= 11 is 0. The van der Waals surface area contributed by atoms with E-state index in [0.29, 0.717) is 11.6 Å². The Morgan fingerprint density at radius 3 is 2.70 bits per heavy atom. The first kappa shape index (κ1) is 14.4. The van der Waals surface area contributed by atoms with Crippen LogP contribution < -0.4 is 0 Å². The molecule has 0 spiro atoms. The molecule has 0 radical (unpaired) electrons. The van der Waals surface area contributed by atoms with Crippen LogP contribution in [0.5, 0.6) is 0 Å². The summed E-state index contributed by atoms with van der Waals surface area (Å²) < 4.78 is 15.0. The van der Waals surface area contributed by atoms with Gasteiger partial charge in [-0.3, -0.25) is 9.48 Å². The number of ketones is 1. The maximum atomic E-state index is 13.1. The van der Waals surface area contributed by atoms with E-state index in [9.17, 15) is 9.18 Å². The number of rotatable bonds is 6. The lowest BCUT2D eigenvalue weighted by Gasteiger charge is -2.12. The number of benzene rings is 1. The molecule has 0 saturated heterocycles. The maximum absolute atomic E-state index is 13.1. The van der Waals surface area contributed by atoms with Crippen LogP contribution in [0.4, 0.5) is 4.39 Å². The molecule has 1 aromatic heterocycles. The standard InChI is InChI=1S/C16H19FN2O/c1-3-15(4-2)19-9-8-14(18-19)11-16(20)12-6-5-7-13(17)10-12/h5-10,15H,3-4,11H2,1-2H3. The maximum Gasteiger partial charge on any atom is 0.168 e. The van der Waals surface area contributed by atoms with Crippen molar-refractivity contribution in [1.29, 1.82) is 0 Å². The number of carbonyl (C=O) groups is 1. The Labute approximate surface area is 118 Å². The first-order valence-corrected chi connectivity index (χ1v) is 6.96. The fourth-order valence-electron chi connectivity index (χ4n) is 2.27. The molecule has 1 heterocycles. The van der Waals surface area contributed by atoms with Crippen LogP contribution in [-0.2, 0) is 6.42 Å². The van der Waals surface area contributed by atoms with Gasteiger partial charge in [-0.2, -0.15) is 5.10 Å². The van der Waals surface area contributed by atoms with Crippen LogP contribution in [0, 0.1) is 5.82 Å². The van der Waals surface area contributed by atoms with Crippen molar-refractivity contribution < 1.29 is 9.18 Å². The summed E-state index contributed by atoms with van der Waals surface area (Å²) in [6.45, 7) is 4.24. The molecule has 0 fully saturated rings. The molecular formula is C16H19FN2O. The minimum atomic E-state index is -0.390. The summed E-state index contributed by atoms with van der Waals surface area (Å²) in [6.07, 6.45) is 4.13. The molecule has 106 valence electrons. The minimum absolute atomic E-state index is 0.112. The second-order valence-electron chi connectivity index (χ2n) is 4.87. The fourth-order valence-corrected chi connectivity index (χ4v) is 2.27. The zero-order valence-electron chi connectivity index (χ0n) is 11.8. The molecule has 0 aliphatic carbocycles. The van der Waals surface area contributed by atoms with Gasteiger partial charge in [-0.15, -0.1) is 0 Å². The zero-order valence-corrected chi connectivity index (χ0v) is 11.8. The number of carbonyl (C=O) groups excluding carboxylic acids is 1. The highest BCUT2D eigenvalue weighted by molar-refractivity contribution is 5.97. The van der Waals surface area contributed by atoms with Gasteiger partial charge in [0, 0.05) is 11.8 Å². The Morgan fingerprint density at radius 2 is 2.05 bits per heavy atom. The van der Waals surface area contributed by atoms with Gasteiger partial charge in [0.25, 0.3) is 0 Å². The largest absolute Gasteiger partial charge is 0.294 e. The second-order valence-corrected chi connectivity index (χ2v) is 4.87. The van der Waals surface area contributed by atoms with E-state index in [1.165, 1.54) is 12.1 Å². The first-order valence-electron chi connectivity index (χ1n) is 6.96. The summed E-state index contributed by atoms with van der Waals surface area (Å²) in [5.41, 5.74) is 1.12. The molecule has 0 aliphatic heterocycles. The van der Waals surface area contributed by atoms with Crippen molar-refractivity contribution in [1.82, 2.24) is 9.78 Å². The van der Waals surface area contributed by atoms with Crippen molar-refractivity contribution >= 4 is 5.78 Å². The van der Waals surface area contributed by atoms with Gasteiger partial charge in [-0.25, -0.2) is 4.39 Å². The molecule has 0 unspecified atom stereocenters. The predicted molar refractivity (Wildman–Crippen MR) is 76.3 cm³/mol. The van der Waals surface area contributed by atoms with Crippen LogP contribution in [0.3, 0.4) is 0 Å². The average molecular weight is 274 g/mol. The molecule has 2 aromatic rings. The van der Waals surface area contributed by atoms with E-state index in [1.54, 1.807) is 12.1 Å². The number of aromatic nitrogens is 2. The van der Waals surface area contributed by atoms with E-state index >= 15 is 0 Å². The van der Waals surface area contributed by atoms with Crippen LogP contribution in [0.15, 0.2) is 36.5 Å². The molecular weight excluding hydrogens is 255 g/mol. The van der Waals surface area contributed by atoms with E-state index in [1.807, 2.05) is 16.9 Å². The normalized spacial score (nSPS) is 11.0. The molecule has 0 aliphatic rings. The molecule has 0 bridgehead atoms. The van der Waals surface area contributed by atoms with E-state index < -0.39 is 5.82 Å². The van der Waals surface area contributed by atoms with Gasteiger partial charge in [0.1, 0.15) is 5.82 Å². The number of hydrogen-bond donors (Lipinski definition) is 0. The molecule has 0 saturated carbocycles. The highest BCUT2D eigenvalue weighted by Gasteiger charge is 2.12. The lowest BCUT2D eigenvalue weighted by Crippen LogP contribution is -2.09. The van der Waals surface area contributed by atoms with Crippen molar-refractivity contribution in [2.45, 2.75) is 39.2 Å². The minimum Gasteiger partial charge on any atom is -0.294 e. The van der Waals surface area contributed by atoms with Crippen LogP contribution in [0.25, 0.3) is 0 Å². The lowest BCUT2D eigenvalue weighted by atomic mass is 10.1. The molecule has 0 N–H and O–H groups in total. The Bertz CT molecular complexity index is 588. The van der Waals surface area contributed by atoms with Crippen molar-refractivity contribution in [2.24, 2.45) is 0 Å². The average Bonchev–Trinajstić information content (AvgIpc) is 2.88. The lowest BCUT2D eigenvalue weighted by molar-refractivity contribution is 0.0991. The van der Waals surface area contributed by atoms with Gasteiger partial charge in [-0.1, -0.05) is 26.0 Å². The first-order chi connectivity index (χ1) is 9.63. The Balaban J connectivity index is 2.09. The Hall–Kier alpha value is -1.97. The SMILES string of the molecule is CCC(CC)n1ccc(CC(=O)c2cccc(F)c2)n1. The van der Waals surface area contributed by atoms with Gasteiger partial charge in [0.2, 0.25) is 0 Å². The molecule has 0 amide bonds.